The quantitative estimate of drug-likeness (QED) is 0.627. The lowest BCUT2D eigenvalue weighted by Gasteiger charge is -2.12. The maximum absolute atomic E-state index is 13.8. The molecule has 28 heavy (non-hydrogen) atoms. The summed E-state index contributed by atoms with van der Waals surface area (Å²) in [5.41, 5.74) is 2.39. The second kappa shape index (κ2) is 9.67. The highest BCUT2D eigenvalue weighted by atomic mass is 19.1. The van der Waals surface area contributed by atoms with Gasteiger partial charge in [-0.1, -0.05) is 48.5 Å². The standard InChI is InChI=1S/C23H23FN2O2/c1-17(21-9-5-6-10-22(21)24)25-15-23(27)26-19-11-13-20(14-12-19)28-16-18-7-3-2-4-8-18/h2-14,17,25H,15-16H2,1H3,(H,26,27)/p+1/t17-/m1/s1. The molecule has 0 bridgehead atoms. The molecule has 5 heteroatoms. The monoisotopic (exact) mass is 379 g/mol. The van der Waals surface area contributed by atoms with Crippen LogP contribution < -0.4 is 15.4 Å². The average Bonchev–Trinajstić information content (AvgIpc) is 2.72. The van der Waals surface area contributed by atoms with Crippen LogP contribution in [-0.2, 0) is 11.4 Å². The number of hydrogen-bond acceptors (Lipinski definition) is 2. The van der Waals surface area contributed by atoms with Crippen molar-refractivity contribution in [3.63, 3.8) is 0 Å². The fourth-order valence-electron chi connectivity index (χ4n) is 2.84. The Hall–Kier alpha value is -3.18. The summed E-state index contributed by atoms with van der Waals surface area (Å²) in [5.74, 6) is 0.348. The van der Waals surface area contributed by atoms with E-state index in [1.165, 1.54) is 6.07 Å². The minimum absolute atomic E-state index is 0.138. The van der Waals surface area contributed by atoms with Crippen molar-refractivity contribution in [1.82, 2.24) is 0 Å². The van der Waals surface area contributed by atoms with E-state index in [1.807, 2.05) is 54.7 Å². The van der Waals surface area contributed by atoms with Gasteiger partial charge in [-0.15, -0.1) is 0 Å². The summed E-state index contributed by atoms with van der Waals surface area (Å²) in [6.45, 7) is 2.59. The first-order chi connectivity index (χ1) is 13.6. The van der Waals surface area contributed by atoms with Gasteiger partial charge in [0.25, 0.3) is 5.91 Å². The molecule has 0 heterocycles. The lowest BCUT2D eigenvalue weighted by Crippen LogP contribution is -2.86. The number of hydrogen-bond donors (Lipinski definition) is 2. The van der Waals surface area contributed by atoms with Crippen LogP contribution in [-0.4, -0.2) is 12.5 Å². The molecule has 0 saturated carbocycles. The number of carbonyl (C=O) groups excluding carboxylic acids is 1. The summed E-state index contributed by atoms with van der Waals surface area (Å²) in [7, 11) is 0. The number of amides is 1. The van der Waals surface area contributed by atoms with Gasteiger partial charge < -0.3 is 15.4 Å². The Morgan fingerprint density at radius 3 is 2.39 bits per heavy atom. The molecule has 3 aromatic rings. The number of carbonyl (C=O) groups is 1. The SMILES string of the molecule is C[C@@H]([NH2+]CC(=O)Nc1ccc(OCc2ccccc2)cc1)c1ccccc1F. The highest BCUT2D eigenvalue weighted by Crippen LogP contribution is 2.17. The zero-order chi connectivity index (χ0) is 19.8. The fraction of sp³-hybridized carbons (Fsp3) is 0.174. The van der Waals surface area contributed by atoms with Gasteiger partial charge in [0.1, 0.15) is 24.2 Å². The molecule has 0 saturated heterocycles. The first kappa shape index (κ1) is 19.6. The van der Waals surface area contributed by atoms with Crippen molar-refractivity contribution in [2.24, 2.45) is 0 Å². The molecule has 0 aliphatic heterocycles. The smallest absolute Gasteiger partial charge is 0.279 e. The van der Waals surface area contributed by atoms with E-state index in [0.717, 1.165) is 11.3 Å². The van der Waals surface area contributed by atoms with Crippen LogP contribution in [0.1, 0.15) is 24.1 Å². The van der Waals surface area contributed by atoms with Crippen LogP contribution in [0, 0.1) is 5.82 Å². The minimum atomic E-state index is -0.252. The van der Waals surface area contributed by atoms with E-state index in [9.17, 15) is 9.18 Å². The van der Waals surface area contributed by atoms with Gasteiger partial charge in [-0.3, -0.25) is 4.79 Å². The molecule has 3 rings (SSSR count). The van der Waals surface area contributed by atoms with E-state index in [2.05, 4.69) is 5.32 Å². The van der Waals surface area contributed by atoms with Crippen molar-refractivity contribution in [2.45, 2.75) is 19.6 Å². The number of halogens is 1. The third kappa shape index (κ3) is 5.66. The Balaban J connectivity index is 1.46. The van der Waals surface area contributed by atoms with Crippen LogP contribution in [0.3, 0.4) is 0 Å². The van der Waals surface area contributed by atoms with E-state index in [0.29, 0.717) is 17.9 Å². The van der Waals surface area contributed by atoms with Crippen LogP contribution >= 0.6 is 0 Å². The van der Waals surface area contributed by atoms with Crippen molar-refractivity contribution >= 4 is 11.6 Å². The number of anilines is 1. The Morgan fingerprint density at radius 1 is 1.00 bits per heavy atom. The first-order valence-corrected chi connectivity index (χ1v) is 9.26. The summed E-state index contributed by atoms with van der Waals surface area (Å²) in [5, 5.41) is 4.66. The maximum Gasteiger partial charge on any atom is 0.279 e. The van der Waals surface area contributed by atoms with Crippen LogP contribution in [0.4, 0.5) is 10.1 Å². The Labute approximate surface area is 164 Å². The van der Waals surface area contributed by atoms with Gasteiger partial charge in [0.15, 0.2) is 6.54 Å². The average molecular weight is 379 g/mol. The summed E-state index contributed by atoms with van der Waals surface area (Å²) >= 11 is 0. The molecule has 0 spiro atoms. The summed E-state index contributed by atoms with van der Waals surface area (Å²) < 4.78 is 19.5. The number of quaternary nitrogens is 1. The third-order valence-corrected chi connectivity index (χ3v) is 4.44. The lowest BCUT2D eigenvalue weighted by molar-refractivity contribution is -0.682. The van der Waals surface area contributed by atoms with Gasteiger partial charge in [0.05, 0.1) is 0 Å². The van der Waals surface area contributed by atoms with Crippen molar-refractivity contribution < 1.29 is 19.2 Å². The van der Waals surface area contributed by atoms with Gasteiger partial charge in [-0.2, -0.15) is 0 Å². The number of benzene rings is 3. The molecule has 3 N–H and O–H groups in total. The molecule has 1 atom stereocenters. The van der Waals surface area contributed by atoms with Crippen LogP contribution in [0.25, 0.3) is 0 Å². The van der Waals surface area contributed by atoms with Crippen LogP contribution in [0.5, 0.6) is 5.75 Å². The van der Waals surface area contributed by atoms with Gasteiger partial charge in [0.2, 0.25) is 0 Å². The highest BCUT2D eigenvalue weighted by molar-refractivity contribution is 5.91. The molecule has 0 radical (unpaired) electrons. The molecule has 0 aliphatic carbocycles. The fourth-order valence-corrected chi connectivity index (χ4v) is 2.84. The summed E-state index contributed by atoms with van der Waals surface area (Å²) in [6.07, 6.45) is 0. The maximum atomic E-state index is 13.8. The van der Waals surface area contributed by atoms with E-state index in [1.54, 1.807) is 30.3 Å². The topological polar surface area (TPSA) is 54.9 Å². The van der Waals surface area contributed by atoms with Crippen LogP contribution in [0.15, 0.2) is 78.9 Å². The zero-order valence-corrected chi connectivity index (χ0v) is 15.8. The highest BCUT2D eigenvalue weighted by Gasteiger charge is 2.15. The number of ether oxygens (including phenoxy) is 1. The van der Waals surface area contributed by atoms with Gasteiger partial charge in [0, 0.05) is 11.3 Å². The van der Waals surface area contributed by atoms with Crippen LogP contribution in [0.2, 0.25) is 0 Å². The Bertz CT molecular complexity index is 898. The second-order valence-corrected chi connectivity index (χ2v) is 6.60. The molecule has 1 amide bonds. The summed E-state index contributed by atoms with van der Waals surface area (Å²) in [4.78, 5) is 12.2. The molecule has 0 unspecified atom stereocenters. The number of nitrogens with one attached hydrogen (secondary N) is 1. The van der Waals surface area contributed by atoms with E-state index in [-0.39, 0.29) is 24.3 Å². The van der Waals surface area contributed by atoms with Crippen molar-refractivity contribution in [1.29, 1.82) is 0 Å². The van der Waals surface area contributed by atoms with Crippen molar-refractivity contribution in [3.8, 4) is 5.75 Å². The molecular weight excluding hydrogens is 355 g/mol. The van der Waals surface area contributed by atoms with Crippen molar-refractivity contribution in [2.75, 3.05) is 11.9 Å². The van der Waals surface area contributed by atoms with Gasteiger partial charge in [-0.05, 0) is 42.8 Å². The Morgan fingerprint density at radius 2 is 1.68 bits per heavy atom. The number of nitrogens with two attached hydrogens (primary N) is 1. The predicted octanol–water partition coefficient (Wildman–Crippen LogP) is 3.67. The number of rotatable bonds is 8. The predicted molar refractivity (Wildman–Crippen MR) is 107 cm³/mol. The molecule has 4 nitrogen and oxygen atoms in total. The largest absolute Gasteiger partial charge is 0.489 e. The normalized spacial score (nSPS) is 11.6. The first-order valence-electron chi connectivity index (χ1n) is 9.26. The van der Waals surface area contributed by atoms with E-state index < -0.39 is 0 Å². The molecule has 0 fully saturated rings. The Kier molecular flexibility index (Phi) is 6.76. The van der Waals surface area contributed by atoms with Crippen molar-refractivity contribution in [3.05, 3.63) is 95.8 Å². The van der Waals surface area contributed by atoms with Gasteiger partial charge >= 0.3 is 0 Å². The molecule has 0 aliphatic rings. The van der Waals surface area contributed by atoms with E-state index in [4.69, 9.17) is 4.74 Å². The molecular formula is C23H24FN2O2+. The molecule has 0 aromatic heterocycles. The summed E-state index contributed by atoms with van der Waals surface area (Å²) in [6, 6.07) is 23.7. The lowest BCUT2D eigenvalue weighted by atomic mass is 10.1. The second-order valence-electron chi connectivity index (χ2n) is 6.60. The third-order valence-electron chi connectivity index (χ3n) is 4.44. The van der Waals surface area contributed by atoms with Gasteiger partial charge in [-0.25, -0.2) is 4.39 Å². The molecule has 3 aromatic carbocycles. The molecule has 144 valence electrons. The minimum Gasteiger partial charge on any atom is -0.489 e. The zero-order valence-electron chi connectivity index (χ0n) is 15.8. The van der Waals surface area contributed by atoms with E-state index >= 15 is 0 Å².